The standard InChI is InChI=1S/C24H22ClN5OS/c25-21-20(17-13-27-30-12-4-3-7-19(17)30)28-22(32-21)23(31)29-14-16-5-1-2-6-18(16)24(15-29)8-10-26-11-9-24/h1-7,12-13,26H,8-11,14-15H2. The van der Waals surface area contributed by atoms with E-state index >= 15 is 0 Å². The SMILES string of the molecule is O=C(c1nc(-c2cnn3ccccc23)c(Cl)s1)N1Cc2ccccc2C2(CCNCC2)C1. The fourth-order valence-corrected chi connectivity index (χ4v) is 6.31. The number of hydrogen-bond acceptors (Lipinski definition) is 5. The molecule has 0 saturated carbocycles. The van der Waals surface area contributed by atoms with E-state index in [1.165, 1.54) is 22.5 Å². The summed E-state index contributed by atoms with van der Waals surface area (Å²) in [5.41, 5.74) is 5.01. The highest BCUT2D eigenvalue weighted by molar-refractivity contribution is 7.18. The smallest absolute Gasteiger partial charge is 0.283 e. The minimum absolute atomic E-state index is 0.00206. The van der Waals surface area contributed by atoms with Crippen LogP contribution in [0.15, 0.2) is 54.9 Å². The van der Waals surface area contributed by atoms with Gasteiger partial charge in [-0.3, -0.25) is 4.79 Å². The normalized spacial score (nSPS) is 17.6. The zero-order valence-corrected chi connectivity index (χ0v) is 19.0. The number of hydrogen-bond donors (Lipinski definition) is 1. The van der Waals surface area contributed by atoms with Gasteiger partial charge in [0.05, 0.1) is 11.7 Å². The molecule has 6 nitrogen and oxygen atoms in total. The zero-order chi connectivity index (χ0) is 21.7. The molecule has 1 amide bonds. The second-order valence-electron chi connectivity index (χ2n) is 8.58. The molecule has 1 N–H and O–H groups in total. The Morgan fingerprint density at radius 1 is 1.12 bits per heavy atom. The molecule has 1 spiro atoms. The number of benzene rings is 1. The molecule has 0 atom stereocenters. The monoisotopic (exact) mass is 463 g/mol. The van der Waals surface area contributed by atoms with Gasteiger partial charge < -0.3 is 10.2 Å². The molecule has 0 unspecified atom stereocenters. The minimum Gasteiger partial charge on any atom is -0.331 e. The Balaban J connectivity index is 1.36. The van der Waals surface area contributed by atoms with E-state index in [2.05, 4.69) is 34.7 Å². The van der Waals surface area contributed by atoms with E-state index in [9.17, 15) is 4.79 Å². The first-order chi connectivity index (χ1) is 15.6. The predicted molar refractivity (Wildman–Crippen MR) is 126 cm³/mol. The van der Waals surface area contributed by atoms with Gasteiger partial charge in [-0.2, -0.15) is 5.10 Å². The van der Waals surface area contributed by atoms with Crippen LogP contribution in [0.25, 0.3) is 16.8 Å². The van der Waals surface area contributed by atoms with E-state index in [0.717, 1.165) is 37.0 Å². The van der Waals surface area contributed by atoms with Crippen LogP contribution in [-0.4, -0.2) is 45.0 Å². The minimum atomic E-state index is -0.0490. The molecule has 1 fully saturated rings. The number of piperidine rings is 1. The van der Waals surface area contributed by atoms with Crippen molar-refractivity contribution in [2.45, 2.75) is 24.8 Å². The van der Waals surface area contributed by atoms with Gasteiger partial charge in [0.15, 0.2) is 5.01 Å². The van der Waals surface area contributed by atoms with Crippen LogP contribution in [0, 0.1) is 0 Å². The number of thiazole rings is 1. The molecule has 4 aromatic rings. The van der Waals surface area contributed by atoms with Crippen LogP contribution in [0.4, 0.5) is 0 Å². The number of amides is 1. The van der Waals surface area contributed by atoms with Crippen LogP contribution < -0.4 is 5.32 Å². The van der Waals surface area contributed by atoms with E-state index in [1.54, 1.807) is 10.7 Å². The molecule has 3 aromatic heterocycles. The lowest BCUT2D eigenvalue weighted by Gasteiger charge is -2.46. The molecule has 0 radical (unpaired) electrons. The van der Waals surface area contributed by atoms with Gasteiger partial charge in [0.2, 0.25) is 0 Å². The molecule has 5 heterocycles. The number of rotatable bonds is 2. The van der Waals surface area contributed by atoms with E-state index in [4.69, 9.17) is 16.6 Å². The second-order valence-corrected chi connectivity index (χ2v) is 10.2. The summed E-state index contributed by atoms with van der Waals surface area (Å²) in [5, 5.41) is 8.28. The van der Waals surface area contributed by atoms with Crippen LogP contribution >= 0.6 is 22.9 Å². The number of pyridine rings is 1. The average Bonchev–Trinajstić information content (AvgIpc) is 3.42. The molecule has 1 saturated heterocycles. The summed E-state index contributed by atoms with van der Waals surface area (Å²) in [4.78, 5) is 20.3. The van der Waals surface area contributed by atoms with Crippen molar-refractivity contribution in [3.8, 4) is 11.3 Å². The Bertz CT molecular complexity index is 1320. The number of carbonyl (C=O) groups excluding carboxylic acids is 1. The predicted octanol–water partition coefficient (Wildman–Crippen LogP) is 4.39. The highest BCUT2D eigenvalue weighted by atomic mass is 35.5. The second kappa shape index (κ2) is 7.69. The molecule has 1 aromatic carbocycles. The van der Waals surface area contributed by atoms with Crippen LogP contribution in [0.2, 0.25) is 4.34 Å². The van der Waals surface area contributed by atoms with Crippen molar-refractivity contribution < 1.29 is 4.79 Å². The molecule has 2 aliphatic rings. The van der Waals surface area contributed by atoms with Crippen molar-refractivity contribution in [3.63, 3.8) is 0 Å². The van der Waals surface area contributed by atoms with Gasteiger partial charge in [-0.1, -0.05) is 53.3 Å². The molecule has 6 rings (SSSR count). The lowest BCUT2D eigenvalue weighted by molar-refractivity contribution is 0.0641. The Morgan fingerprint density at radius 2 is 1.94 bits per heavy atom. The first-order valence-corrected chi connectivity index (χ1v) is 12.0. The van der Waals surface area contributed by atoms with Gasteiger partial charge in [-0.05, 0) is 49.2 Å². The number of carbonyl (C=O) groups is 1. The molecule has 8 heteroatoms. The largest absolute Gasteiger partial charge is 0.331 e. The molecular formula is C24H22ClN5OS. The lowest BCUT2D eigenvalue weighted by atomic mass is 9.69. The van der Waals surface area contributed by atoms with E-state index in [1.807, 2.05) is 29.3 Å². The number of aromatic nitrogens is 3. The van der Waals surface area contributed by atoms with Crippen LogP contribution in [0.5, 0.6) is 0 Å². The summed E-state index contributed by atoms with van der Waals surface area (Å²) in [6.45, 7) is 3.26. The first-order valence-electron chi connectivity index (χ1n) is 10.8. The van der Waals surface area contributed by atoms with Crippen molar-refractivity contribution in [1.82, 2.24) is 24.8 Å². The molecule has 32 heavy (non-hydrogen) atoms. The fourth-order valence-electron chi connectivity index (χ4n) is 5.18. The third-order valence-electron chi connectivity index (χ3n) is 6.74. The third-order valence-corrected chi connectivity index (χ3v) is 7.98. The zero-order valence-electron chi connectivity index (χ0n) is 17.4. The number of fused-ring (bicyclic) bond motifs is 3. The fraction of sp³-hybridized carbons (Fsp3) is 0.292. The highest BCUT2D eigenvalue weighted by Crippen LogP contribution is 2.42. The van der Waals surface area contributed by atoms with E-state index < -0.39 is 0 Å². The van der Waals surface area contributed by atoms with Crippen molar-refractivity contribution in [2.75, 3.05) is 19.6 Å². The number of nitrogens with zero attached hydrogens (tertiary/aromatic N) is 4. The van der Waals surface area contributed by atoms with Crippen LogP contribution in [-0.2, 0) is 12.0 Å². The summed E-state index contributed by atoms with van der Waals surface area (Å²) in [7, 11) is 0. The maximum absolute atomic E-state index is 13.6. The Morgan fingerprint density at radius 3 is 2.81 bits per heavy atom. The molecule has 162 valence electrons. The van der Waals surface area contributed by atoms with Gasteiger partial charge in [-0.15, -0.1) is 0 Å². The Labute approximate surface area is 194 Å². The maximum Gasteiger partial charge on any atom is 0.283 e. The van der Waals surface area contributed by atoms with Crippen molar-refractivity contribution in [1.29, 1.82) is 0 Å². The molecular weight excluding hydrogens is 442 g/mol. The van der Waals surface area contributed by atoms with Gasteiger partial charge >= 0.3 is 0 Å². The topological polar surface area (TPSA) is 62.5 Å². The summed E-state index contributed by atoms with van der Waals surface area (Å²) in [5.74, 6) is -0.0490. The summed E-state index contributed by atoms with van der Waals surface area (Å²) in [6, 6.07) is 14.4. The first kappa shape index (κ1) is 19.9. The van der Waals surface area contributed by atoms with Crippen molar-refractivity contribution in [3.05, 3.63) is 75.3 Å². The molecule has 2 aliphatic heterocycles. The summed E-state index contributed by atoms with van der Waals surface area (Å²) < 4.78 is 2.30. The van der Waals surface area contributed by atoms with Gasteiger partial charge in [-0.25, -0.2) is 9.50 Å². The van der Waals surface area contributed by atoms with Crippen molar-refractivity contribution in [2.24, 2.45) is 0 Å². The third kappa shape index (κ3) is 3.15. The summed E-state index contributed by atoms with van der Waals surface area (Å²) >= 11 is 7.84. The number of halogens is 1. The highest BCUT2D eigenvalue weighted by Gasteiger charge is 2.42. The van der Waals surface area contributed by atoms with Gasteiger partial charge in [0.25, 0.3) is 5.91 Å². The summed E-state index contributed by atoms with van der Waals surface area (Å²) in [6.07, 6.45) is 5.70. The lowest BCUT2D eigenvalue weighted by Crippen LogP contribution is -2.52. The van der Waals surface area contributed by atoms with Gasteiger partial charge in [0, 0.05) is 30.3 Å². The quantitative estimate of drug-likeness (QED) is 0.479. The molecule has 0 bridgehead atoms. The van der Waals surface area contributed by atoms with E-state index in [-0.39, 0.29) is 11.3 Å². The van der Waals surface area contributed by atoms with Crippen LogP contribution in [0.1, 0.15) is 33.8 Å². The van der Waals surface area contributed by atoms with E-state index in [0.29, 0.717) is 28.1 Å². The van der Waals surface area contributed by atoms with Gasteiger partial charge in [0.1, 0.15) is 10.0 Å². The Kier molecular flexibility index (Phi) is 4.78. The number of nitrogens with one attached hydrogen (secondary N) is 1. The molecule has 0 aliphatic carbocycles. The Hall–Kier alpha value is -2.74. The maximum atomic E-state index is 13.6. The average molecular weight is 464 g/mol. The van der Waals surface area contributed by atoms with Crippen molar-refractivity contribution >= 4 is 34.4 Å². The van der Waals surface area contributed by atoms with Crippen LogP contribution in [0.3, 0.4) is 0 Å².